The molecule has 0 bridgehead atoms. The molecular formula is C24H28N4O4. The van der Waals surface area contributed by atoms with Gasteiger partial charge in [-0.05, 0) is 30.5 Å². The van der Waals surface area contributed by atoms with Gasteiger partial charge in [-0.25, -0.2) is 0 Å². The number of carbonyl (C=O) groups is 2. The number of benzene rings is 1. The molecule has 32 heavy (non-hydrogen) atoms. The molecule has 8 nitrogen and oxygen atoms in total. The second-order valence-electron chi connectivity index (χ2n) is 8.45. The molecule has 0 radical (unpaired) electrons. The molecule has 1 aromatic carbocycles. The number of allylic oxidation sites excluding steroid dienone is 2. The molecule has 2 heterocycles. The van der Waals surface area contributed by atoms with Crippen LogP contribution >= 0.6 is 0 Å². The van der Waals surface area contributed by atoms with Gasteiger partial charge in [0.15, 0.2) is 0 Å². The normalized spacial score (nSPS) is 22.5. The van der Waals surface area contributed by atoms with Crippen LogP contribution in [0.1, 0.15) is 25.1 Å². The lowest BCUT2D eigenvalue weighted by atomic mass is 9.88. The Morgan fingerprint density at radius 3 is 2.41 bits per heavy atom. The first-order chi connectivity index (χ1) is 15.3. The molecule has 0 amide bonds. The summed E-state index contributed by atoms with van der Waals surface area (Å²) in [6.45, 7) is 2.08. The van der Waals surface area contributed by atoms with E-state index in [-0.39, 0.29) is 31.0 Å². The Balaban J connectivity index is 1.70. The maximum Gasteiger partial charge on any atom is 0.320 e. The molecule has 0 saturated carbocycles. The van der Waals surface area contributed by atoms with Crippen molar-refractivity contribution in [2.24, 2.45) is 17.4 Å². The van der Waals surface area contributed by atoms with Crippen molar-refractivity contribution in [3.63, 3.8) is 0 Å². The average molecular weight is 437 g/mol. The number of hydrogen-bond acceptors (Lipinski definition) is 5. The number of nitrogens with zero attached hydrogens (tertiary/aromatic N) is 2. The van der Waals surface area contributed by atoms with Crippen LogP contribution in [0.2, 0.25) is 0 Å². The molecule has 0 spiro atoms. The van der Waals surface area contributed by atoms with Crippen molar-refractivity contribution >= 4 is 22.8 Å². The van der Waals surface area contributed by atoms with E-state index in [9.17, 15) is 19.8 Å². The monoisotopic (exact) mass is 436 g/mol. The summed E-state index contributed by atoms with van der Waals surface area (Å²) in [5.41, 5.74) is 14.5. The van der Waals surface area contributed by atoms with E-state index in [0.29, 0.717) is 0 Å². The summed E-state index contributed by atoms with van der Waals surface area (Å²) >= 11 is 0. The van der Waals surface area contributed by atoms with Gasteiger partial charge in [0.1, 0.15) is 18.2 Å². The maximum absolute atomic E-state index is 11.3. The van der Waals surface area contributed by atoms with Gasteiger partial charge in [-0.3, -0.25) is 9.59 Å². The zero-order valence-corrected chi connectivity index (χ0v) is 17.8. The van der Waals surface area contributed by atoms with Crippen molar-refractivity contribution in [2.75, 3.05) is 0 Å². The van der Waals surface area contributed by atoms with Crippen LogP contribution in [0.15, 0.2) is 66.5 Å². The number of para-hydroxylation sites is 1. The van der Waals surface area contributed by atoms with Crippen LogP contribution in [-0.2, 0) is 16.0 Å². The number of aliphatic carboxylic acids is 2. The Labute approximate surface area is 186 Å². The van der Waals surface area contributed by atoms with Gasteiger partial charge in [0.05, 0.1) is 11.6 Å². The second kappa shape index (κ2) is 8.64. The Morgan fingerprint density at radius 2 is 1.69 bits per heavy atom. The van der Waals surface area contributed by atoms with E-state index in [1.165, 1.54) is 0 Å². The van der Waals surface area contributed by atoms with Gasteiger partial charge in [-0.2, -0.15) is 0 Å². The summed E-state index contributed by atoms with van der Waals surface area (Å²) in [6, 6.07) is 6.00. The first-order valence-corrected chi connectivity index (χ1v) is 10.7. The fourth-order valence-electron chi connectivity index (χ4n) is 4.69. The summed E-state index contributed by atoms with van der Waals surface area (Å²) < 4.78 is 2.12. The summed E-state index contributed by atoms with van der Waals surface area (Å²) in [4.78, 5) is 24.8. The van der Waals surface area contributed by atoms with Crippen molar-refractivity contribution in [3.05, 3.63) is 72.1 Å². The van der Waals surface area contributed by atoms with E-state index < -0.39 is 24.0 Å². The number of aromatic nitrogens is 1. The molecule has 8 heteroatoms. The van der Waals surface area contributed by atoms with Crippen molar-refractivity contribution in [2.45, 2.75) is 44.1 Å². The van der Waals surface area contributed by atoms with Crippen LogP contribution in [0, 0.1) is 5.92 Å². The van der Waals surface area contributed by atoms with Crippen molar-refractivity contribution in [3.8, 4) is 0 Å². The molecule has 1 aliphatic carbocycles. The quantitative estimate of drug-likeness (QED) is 0.498. The van der Waals surface area contributed by atoms with E-state index in [0.717, 1.165) is 22.0 Å². The summed E-state index contributed by atoms with van der Waals surface area (Å²) in [5.74, 6) is -1.98. The number of nitrogens with two attached hydrogens (primary N) is 2. The number of carboxylic acid groups (broad SMARTS) is 2. The summed E-state index contributed by atoms with van der Waals surface area (Å²) in [7, 11) is 0. The first-order valence-electron chi connectivity index (χ1n) is 10.7. The second-order valence-corrected chi connectivity index (χ2v) is 8.45. The van der Waals surface area contributed by atoms with Crippen molar-refractivity contribution in [1.29, 1.82) is 0 Å². The third-order valence-corrected chi connectivity index (χ3v) is 6.38. The number of fused-ring (bicyclic) bond motifs is 2. The number of rotatable bonds is 8. The third-order valence-electron chi connectivity index (χ3n) is 6.38. The predicted octanol–water partition coefficient (Wildman–Crippen LogP) is 2.23. The lowest BCUT2D eigenvalue weighted by Gasteiger charge is -2.34. The molecule has 2 aromatic rings. The molecule has 0 saturated heterocycles. The van der Waals surface area contributed by atoms with E-state index in [1.54, 1.807) is 0 Å². The number of hydrogen-bond donors (Lipinski definition) is 4. The highest BCUT2D eigenvalue weighted by Crippen LogP contribution is 2.39. The standard InChI is InChI=1S/C24H28N4O4/c1-14(27-12-15(10-19(25)23(29)30)17-6-2-4-8-21(17)27)28-13-16(11-20(26)24(31)32)18-7-3-5-9-22(18)28/h2-9,12-14,17,19-21H,10-11,25-26H2,1H3,(H,29,30)(H,31,32)/t14?,17?,19-,20-,21?/m1/s1. The van der Waals surface area contributed by atoms with Crippen LogP contribution < -0.4 is 11.5 Å². The fourth-order valence-corrected chi connectivity index (χ4v) is 4.69. The Bertz CT molecular complexity index is 1130. The van der Waals surface area contributed by atoms with Gasteiger partial charge < -0.3 is 31.1 Å². The molecule has 4 rings (SSSR count). The Hall–Kier alpha value is -3.36. The zero-order chi connectivity index (χ0) is 23.0. The summed E-state index contributed by atoms with van der Waals surface area (Å²) in [6.07, 6.45) is 12.6. The van der Waals surface area contributed by atoms with Gasteiger partial charge >= 0.3 is 11.9 Å². The Kier molecular flexibility index (Phi) is 5.90. The average Bonchev–Trinajstić information content (AvgIpc) is 3.32. The molecule has 1 aliphatic heterocycles. The van der Waals surface area contributed by atoms with Crippen LogP contribution in [0.25, 0.3) is 10.9 Å². The minimum atomic E-state index is -1.03. The highest BCUT2D eigenvalue weighted by Gasteiger charge is 2.37. The van der Waals surface area contributed by atoms with E-state index in [4.69, 9.17) is 11.5 Å². The summed E-state index contributed by atoms with van der Waals surface area (Å²) in [5, 5.41) is 19.5. The predicted molar refractivity (Wildman–Crippen MR) is 122 cm³/mol. The van der Waals surface area contributed by atoms with Gasteiger partial charge in [-0.15, -0.1) is 0 Å². The van der Waals surface area contributed by atoms with E-state index in [1.807, 2.05) is 48.8 Å². The maximum atomic E-state index is 11.3. The van der Waals surface area contributed by atoms with E-state index >= 15 is 0 Å². The minimum Gasteiger partial charge on any atom is -0.480 e. The minimum absolute atomic E-state index is 0.0527. The largest absolute Gasteiger partial charge is 0.480 e. The number of carboxylic acids is 2. The van der Waals surface area contributed by atoms with Crippen molar-refractivity contribution in [1.82, 2.24) is 9.47 Å². The van der Waals surface area contributed by atoms with Crippen LogP contribution in [-0.4, -0.2) is 49.7 Å². The molecule has 168 valence electrons. The molecule has 5 atom stereocenters. The molecule has 0 fully saturated rings. The molecule has 3 unspecified atom stereocenters. The van der Waals surface area contributed by atoms with Gasteiger partial charge in [0.25, 0.3) is 0 Å². The van der Waals surface area contributed by atoms with Crippen LogP contribution in [0.5, 0.6) is 0 Å². The van der Waals surface area contributed by atoms with E-state index in [2.05, 4.69) is 28.5 Å². The highest BCUT2D eigenvalue weighted by molar-refractivity contribution is 5.85. The topological polar surface area (TPSA) is 135 Å². The SMILES string of the molecule is CC(N1C=C(C[C@@H](N)C(=O)O)C2C=CC=CC21)n1cc(C[C@@H](N)C(=O)O)c2ccccc21. The molecule has 6 N–H and O–H groups in total. The Morgan fingerprint density at radius 1 is 1.03 bits per heavy atom. The molecule has 2 aliphatic rings. The lowest BCUT2D eigenvalue weighted by Crippen LogP contribution is -2.36. The molecular weight excluding hydrogens is 408 g/mol. The van der Waals surface area contributed by atoms with Crippen LogP contribution in [0.3, 0.4) is 0 Å². The van der Waals surface area contributed by atoms with Gasteiger partial charge in [0, 0.05) is 30.1 Å². The first kappa shape index (κ1) is 21.9. The highest BCUT2D eigenvalue weighted by atomic mass is 16.4. The smallest absolute Gasteiger partial charge is 0.320 e. The van der Waals surface area contributed by atoms with Gasteiger partial charge in [-0.1, -0.05) is 42.5 Å². The van der Waals surface area contributed by atoms with Crippen molar-refractivity contribution < 1.29 is 19.8 Å². The van der Waals surface area contributed by atoms with Crippen LogP contribution in [0.4, 0.5) is 0 Å². The lowest BCUT2D eigenvalue weighted by molar-refractivity contribution is -0.139. The fraction of sp³-hybridized carbons (Fsp3) is 0.333. The molecule has 1 aromatic heterocycles. The third kappa shape index (κ3) is 3.94. The zero-order valence-electron chi connectivity index (χ0n) is 17.8. The van der Waals surface area contributed by atoms with Gasteiger partial charge in [0.2, 0.25) is 0 Å².